The molecule has 12 heteroatoms. The Morgan fingerprint density at radius 2 is 2.07 bits per heavy atom. The molecular formula is C29H40N10O2. The summed E-state index contributed by atoms with van der Waals surface area (Å²) in [6, 6.07) is 5.64. The SMILES string of the molecule is Cc1cc(C)n(CCN(CCCCc2ccc3c(n2)NCCC3)CC[C@H](Nc2ncnc3cnn(C)c23)C(=O)O)n1. The maximum Gasteiger partial charge on any atom is 0.326 e. The van der Waals surface area contributed by atoms with E-state index in [0.717, 1.165) is 81.2 Å². The minimum Gasteiger partial charge on any atom is -0.480 e. The molecule has 0 amide bonds. The number of nitrogens with one attached hydrogen (secondary N) is 2. The predicted molar refractivity (Wildman–Crippen MR) is 158 cm³/mol. The van der Waals surface area contributed by atoms with Gasteiger partial charge in [0.25, 0.3) is 0 Å². The number of carboxylic acids is 1. The van der Waals surface area contributed by atoms with E-state index in [1.54, 1.807) is 17.9 Å². The van der Waals surface area contributed by atoms with E-state index in [2.05, 4.69) is 60.8 Å². The van der Waals surface area contributed by atoms with Crippen LogP contribution in [0.5, 0.6) is 0 Å². The second-order valence-corrected chi connectivity index (χ2v) is 10.8. The Hall–Kier alpha value is -4.06. The fourth-order valence-electron chi connectivity index (χ4n) is 5.47. The number of hydrogen-bond acceptors (Lipinski definition) is 9. The van der Waals surface area contributed by atoms with Crippen LogP contribution in [0.15, 0.2) is 30.7 Å². The van der Waals surface area contributed by atoms with E-state index in [9.17, 15) is 9.90 Å². The van der Waals surface area contributed by atoms with Crippen LogP contribution in [0.25, 0.3) is 11.0 Å². The summed E-state index contributed by atoms with van der Waals surface area (Å²) in [6.45, 7) is 8.10. The largest absolute Gasteiger partial charge is 0.480 e. The Balaban J connectivity index is 1.20. The van der Waals surface area contributed by atoms with Gasteiger partial charge in [0.1, 0.15) is 29.2 Å². The zero-order valence-corrected chi connectivity index (χ0v) is 24.2. The second-order valence-electron chi connectivity index (χ2n) is 10.8. The van der Waals surface area contributed by atoms with Gasteiger partial charge >= 0.3 is 5.97 Å². The summed E-state index contributed by atoms with van der Waals surface area (Å²) in [5.74, 6) is 0.604. The van der Waals surface area contributed by atoms with Gasteiger partial charge in [-0.3, -0.25) is 9.36 Å². The molecule has 0 aliphatic carbocycles. The van der Waals surface area contributed by atoms with Gasteiger partial charge in [0.2, 0.25) is 0 Å². The molecule has 3 N–H and O–H groups in total. The summed E-state index contributed by atoms with van der Waals surface area (Å²) < 4.78 is 3.68. The van der Waals surface area contributed by atoms with E-state index in [1.807, 2.05) is 11.6 Å². The van der Waals surface area contributed by atoms with Gasteiger partial charge in [-0.15, -0.1) is 0 Å². The summed E-state index contributed by atoms with van der Waals surface area (Å²) in [7, 11) is 1.80. The highest BCUT2D eigenvalue weighted by atomic mass is 16.4. The summed E-state index contributed by atoms with van der Waals surface area (Å²) in [5, 5.41) is 25.4. The van der Waals surface area contributed by atoms with Gasteiger partial charge in [0, 0.05) is 38.1 Å². The smallest absolute Gasteiger partial charge is 0.326 e. The van der Waals surface area contributed by atoms with Crippen molar-refractivity contribution in [2.75, 3.05) is 36.8 Å². The molecule has 12 nitrogen and oxygen atoms in total. The number of hydrogen-bond donors (Lipinski definition) is 3. The minimum atomic E-state index is -0.912. The number of aromatic nitrogens is 7. The first kappa shape index (κ1) is 28.5. The number of rotatable bonds is 14. The minimum absolute atomic E-state index is 0.424. The number of carboxylic acid groups (broad SMARTS) is 1. The Kier molecular flexibility index (Phi) is 9.07. The van der Waals surface area contributed by atoms with Gasteiger partial charge in [-0.1, -0.05) is 6.07 Å². The first-order valence-electron chi connectivity index (χ1n) is 14.5. The standard InChI is InChI=1S/C29H40N10O2/c1-20-17-21(2)39(36-20)16-15-38(13-5-4-8-23-10-9-22-7-6-12-30-27(22)34-23)14-11-24(29(40)41)35-28-26-25(31-19-32-28)18-33-37(26)3/h9-10,17-19,24H,4-8,11-16H2,1-3H3,(H,30,34)(H,40,41)(H,31,32,35)/t24-/m0/s1. The highest BCUT2D eigenvalue weighted by Gasteiger charge is 2.22. The van der Waals surface area contributed by atoms with Crippen LogP contribution in [-0.4, -0.2) is 82.7 Å². The molecule has 0 radical (unpaired) electrons. The lowest BCUT2D eigenvalue weighted by Crippen LogP contribution is -2.37. The van der Waals surface area contributed by atoms with Crippen molar-refractivity contribution in [1.82, 2.24) is 39.4 Å². The average molecular weight is 561 g/mol. The predicted octanol–water partition coefficient (Wildman–Crippen LogP) is 3.21. The lowest BCUT2D eigenvalue weighted by atomic mass is 10.1. The van der Waals surface area contributed by atoms with Gasteiger partial charge in [0.05, 0.1) is 18.4 Å². The Morgan fingerprint density at radius 3 is 2.88 bits per heavy atom. The van der Waals surface area contributed by atoms with Gasteiger partial charge in [-0.05, 0) is 76.6 Å². The van der Waals surface area contributed by atoms with Crippen LogP contribution < -0.4 is 10.6 Å². The molecule has 1 atom stereocenters. The van der Waals surface area contributed by atoms with E-state index < -0.39 is 12.0 Å². The summed E-state index contributed by atoms with van der Waals surface area (Å²) in [6.07, 6.45) is 8.69. The van der Waals surface area contributed by atoms with Gasteiger partial charge in [0.15, 0.2) is 5.82 Å². The quantitative estimate of drug-likeness (QED) is 0.197. The third-order valence-electron chi connectivity index (χ3n) is 7.71. The molecule has 0 aromatic carbocycles. The molecule has 41 heavy (non-hydrogen) atoms. The van der Waals surface area contributed by atoms with Crippen LogP contribution in [0.4, 0.5) is 11.6 Å². The maximum absolute atomic E-state index is 12.2. The molecule has 5 heterocycles. The number of carbonyl (C=O) groups is 1. The second kappa shape index (κ2) is 13.1. The van der Waals surface area contributed by atoms with Crippen molar-refractivity contribution in [3.05, 3.63) is 53.4 Å². The Labute approximate surface area is 240 Å². The lowest BCUT2D eigenvalue weighted by molar-refractivity contribution is -0.138. The lowest BCUT2D eigenvalue weighted by Gasteiger charge is -2.25. The molecule has 1 aliphatic heterocycles. The Bertz CT molecular complexity index is 1480. The van der Waals surface area contributed by atoms with Crippen molar-refractivity contribution in [2.45, 2.75) is 65.0 Å². The molecular weight excluding hydrogens is 520 g/mol. The monoisotopic (exact) mass is 560 g/mol. The van der Waals surface area contributed by atoms with Crippen LogP contribution in [0.3, 0.4) is 0 Å². The Morgan fingerprint density at radius 1 is 1.20 bits per heavy atom. The maximum atomic E-state index is 12.2. The van der Waals surface area contributed by atoms with E-state index in [4.69, 9.17) is 4.98 Å². The first-order valence-corrected chi connectivity index (χ1v) is 14.5. The fourth-order valence-corrected chi connectivity index (χ4v) is 5.47. The van der Waals surface area contributed by atoms with Crippen LogP contribution in [0, 0.1) is 13.8 Å². The van der Waals surface area contributed by atoms with Crippen molar-refractivity contribution in [3.8, 4) is 0 Å². The zero-order valence-electron chi connectivity index (χ0n) is 24.2. The van der Waals surface area contributed by atoms with E-state index in [1.165, 1.54) is 11.9 Å². The van der Waals surface area contributed by atoms with E-state index in [0.29, 0.717) is 29.8 Å². The molecule has 0 bridgehead atoms. The van der Waals surface area contributed by atoms with E-state index in [-0.39, 0.29) is 0 Å². The molecule has 0 saturated carbocycles. The van der Waals surface area contributed by atoms with Crippen molar-refractivity contribution in [2.24, 2.45) is 7.05 Å². The normalized spacial score (nSPS) is 13.8. The molecule has 4 aromatic rings. The zero-order chi connectivity index (χ0) is 28.8. The summed E-state index contributed by atoms with van der Waals surface area (Å²) >= 11 is 0. The third-order valence-corrected chi connectivity index (χ3v) is 7.71. The molecule has 218 valence electrons. The number of unbranched alkanes of at least 4 members (excludes halogenated alkanes) is 1. The van der Waals surface area contributed by atoms with Crippen molar-refractivity contribution < 1.29 is 9.90 Å². The summed E-state index contributed by atoms with van der Waals surface area (Å²) in [4.78, 5) is 28.0. The fraction of sp³-hybridized carbons (Fsp3) is 0.517. The number of pyridine rings is 1. The van der Waals surface area contributed by atoms with Crippen molar-refractivity contribution in [1.29, 1.82) is 0 Å². The van der Waals surface area contributed by atoms with Crippen LogP contribution >= 0.6 is 0 Å². The number of anilines is 2. The van der Waals surface area contributed by atoms with Crippen LogP contribution in [0.1, 0.15) is 48.3 Å². The first-order chi connectivity index (χ1) is 19.9. The highest BCUT2D eigenvalue weighted by Crippen LogP contribution is 2.21. The topological polar surface area (TPSA) is 139 Å². The number of aryl methyl sites for hydroxylation is 5. The number of aliphatic carboxylic acids is 1. The van der Waals surface area contributed by atoms with Crippen LogP contribution in [0.2, 0.25) is 0 Å². The molecule has 0 unspecified atom stereocenters. The number of nitrogens with zero attached hydrogens (tertiary/aromatic N) is 8. The highest BCUT2D eigenvalue weighted by molar-refractivity contribution is 5.87. The van der Waals surface area contributed by atoms with Gasteiger partial charge in [-0.2, -0.15) is 10.2 Å². The van der Waals surface area contributed by atoms with Crippen molar-refractivity contribution in [3.63, 3.8) is 0 Å². The number of fused-ring (bicyclic) bond motifs is 2. The molecule has 0 saturated heterocycles. The molecule has 0 fully saturated rings. The molecule has 5 rings (SSSR count). The molecule has 1 aliphatic rings. The summed E-state index contributed by atoms with van der Waals surface area (Å²) in [5.41, 5.74) is 5.92. The third kappa shape index (κ3) is 7.18. The molecule has 0 spiro atoms. The molecule has 4 aromatic heterocycles. The van der Waals surface area contributed by atoms with E-state index >= 15 is 0 Å². The van der Waals surface area contributed by atoms with Crippen molar-refractivity contribution >= 4 is 28.6 Å². The van der Waals surface area contributed by atoms with Gasteiger partial charge in [-0.25, -0.2) is 19.7 Å². The van der Waals surface area contributed by atoms with Gasteiger partial charge < -0.3 is 20.6 Å². The average Bonchev–Trinajstić information content (AvgIpc) is 3.51. The van der Waals surface area contributed by atoms with Crippen LogP contribution in [-0.2, 0) is 31.2 Å².